The average Bonchev–Trinajstić information content (AvgIpc) is 3.92. The first kappa shape index (κ1) is 32.3. The third-order valence-electron chi connectivity index (χ3n) is 11.9. The molecular weight excluding hydrogens is 727 g/mol. The number of nitrogens with zero attached hydrogens (tertiary/aromatic N) is 3. The van der Waals surface area contributed by atoms with Crippen molar-refractivity contribution in [1.82, 2.24) is 14.5 Å². The number of fused-ring (bicyclic) bond motifs is 9. The largest absolute Gasteiger partial charge is 0.309 e. The molecule has 0 spiro atoms. The predicted octanol–water partition coefficient (Wildman–Crippen LogP) is 10.6. The fraction of sp³-hybridized carbons (Fsp3) is 0. The van der Waals surface area contributed by atoms with Crippen LogP contribution in [0.2, 0.25) is 0 Å². The van der Waals surface area contributed by atoms with E-state index in [0.29, 0.717) is 0 Å². The molecule has 1 aliphatic heterocycles. The lowest BCUT2D eigenvalue weighted by Crippen LogP contribution is -2.73. The van der Waals surface area contributed by atoms with Crippen LogP contribution in [0.4, 0.5) is 0 Å². The third kappa shape index (κ3) is 4.64. The predicted molar refractivity (Wildman–Crippen MR) is 243 cm³/mol. The Hall–Kier alpha value is -6.92. The summed E-state index contributed by atoms with van der Waals surface area (Å²) < 4.78 is 5.09. The topological polar surface area (TPSA) is 30.7 Å². The maximum atomic E-state index is 5.73. The van der Waals surface area contributed by atoms with E-state index in [4.69, 9.17) is 9.97 Å². The van der Waals surface area contributed by atoms with Crippen LogP contribution < -0.4 is 20.9 Å². The zero-order valence-electron chi connectivity index (χ0n) is 30.8. The Morgan fingerprint density at radius 2 is 1.05 bits per heavy atom. The first-order chi connectivity index (χ1) is 28.3. The Bertz CT molecular complexity index is 3310. The fourth-order valence-electron chi connectivity index (χ4n) is 9.50. The van der Waals surface area contributed by atoms with Crippen LogP contribution in [0.1, 0.15) is 0 Å². The summed E-state index contributed by atoms with van der Waals surface area (Å²) in [6.45, 7) is 0. The van der Waals surface area contributed by atoms with Crippen molar-refractivity contribution in [3.05, 3.63) is 200 Å². The summed E-state index contributed by atoms with van der Waals surface area (Å²) in [6.07, 6.45) is 0. The highest BCUT2D eigenvalue weighted by Crippen LogP contribution is 2.44. The van der Waals surface area contributed by atoms with E-state index in [1.165, 1.54) is 63.1 Å². The monoisotopic (exact) mass is 759 g/mol. The molecule has 11 aromatic rings. The van der Waals surface area contributed by atoms with Gasteiger partial charge < -0.3 is 4.57 Å². The average molecular weight is 760 g/mol. The van der Waals surface area contributed by atoms with Crippen molar-refractivity contribution < 1.29 is 0 Å². The minimum absolute atomic E-state index is 0.740. The molecule has 0 amide bonds. The molecule has 266 valence electrons. The lowest BCUT2D eigenvalue weighted by atomic mass is 9.99. The molecule has 0 N–H and O–H groups in total. The van der Waals surface area contributed by atoms with E-state index in [0.717, 1.165) is 39.2 Å². The van der Waals surface area contributed by atoms with E-state index >= 15 is 0 Å². The van der Waals surface area contributed by atoms with Crippen molar-refractivity contribution >= 4 is 82.3 Å². The van der Waals surface area contributed by atoms with Gasteiger partial charge >= 0.3 is 0 Å². The molecule has 0 radical (unpaired) electrons. The maximum absolute atomic E-state index is 5.73. The van der Waals surface area contributed by atoms with Gasteiger partial charge in [-0.3, -0.25) is 0 Å². The van der Waals surface area contributed by atoms with Crippen molar-refractivity contribution in [2.24, 2.45) is 0 Å². The molecule has 12 rings (SSSR count). The molecule has 5 heteroatoms. The van der Waals surface area contributed by atoms with Crippen LogP contribution in [0.25, 0.3) is 81.4 Å². The highest BCUT2D eigenvalue weighted by Gasteiger charge is 2.51. The fourth-order valence-corrected chi connectivity index (χ4v) is 15.6. The number of hydrogen-bond donors (Lipinski definition) is 0. The highest BCUT2D eigenvalue weighted by molar-refractivity contribution is 7.26. The molecule has 0 unspecified atom stereocenters. The van der Waals surface area contributed by atoms with Crippen LogP contribution in [-0.4, -0.2) is 22.6 Å². The van der Waals surface area contributed by atoms with Crippen molar-refractivity contribution in [3.63, 3.8) is 0 Å². The molecule has 0 saturated carbocycles. The van der Waals surface area contributed by atoms with Gasteiger partial charge in [0, 0.05) is 47.6 Å². The van der Waals surface area contributed by atoms with Gasteiger partial charge in [-0.2, -0.15) is 0 Å². The van der Waals surface area contributed by atoms with Gasteiger partial charge in [-0.25, -0.2) is 9.97 Å². The van der Waals surface area contributed by atoms with Crippen LogP contribution >= 0.6 is 11.3 Å². The zero-order valence-corrected chi connectivity index (χ0v) is 32.6. The lowest BCUT2D eigenvalue weighted by molar-refractivity contribution is 1.16. The molecule has 0 aliphatic carbocycles. The van der Waals surface area contributed by atoms with Crippen molar-refractivity contribution in [2.45, 2.75) is 0 Å². The Kier molecular flexibility index (Phi) is 7.12. The van der Waals surface area contributed by atoms with Gasteiger partial charge in [0.1, 0.15) is 0 Å². The van der Waals surface area contributed by atoms with E-state index in [2.05, 4.69) is 205 Å². The molecule has 0 saturated heterocycles. The van der Waals surface area contributed by atoms with Crippen LogP contribution in [0.5, 0.6) is 0 Å². The smallest absolute Gasteiger partial charge is 0.203 e. The van der Waals surface area contributed by atoms with E-state index < -0.39 is 8.07 Å². The quantitative estimate of drug-likeness (QED) is 0.164. The molecule has 0 fully saturated rings. The molecule has 4 heterocycles. The van der Waals surface area contributed by atoms with Crippen LogP contribution in [-0.2, 0) is 0 Å². The second-order valence-corrected chi connectivity index (χ2v) is 19.6. The Morgan fingerprint density at radius 3 is 1.82 bits per heavy atom. The summed E-state index contributed by atoms with van der Waals surface area (Å²) in [5.41, 5.74) is 8.83. The minimum Gasteiger partial charge on any atom is -0.309 e. The highest BCUT2D eigenvalue weighted by atomic mass is 32.1. The van der Waals surface area contributed by atoms with E-state index in [-0.39, 0.29) is 0 Å². The van der Waals surface area contributed by atoms with Crippen molar-refractivity contribution in [2.75, 3.05) is 0 Å². The number of para-hydroxylation sites is 2. The number of thiophene rings is 1. The van der Waals surface area contributed by atoms with E-state index in [1.54, 1.807) is 0 Å². The molecule has 0 atom stereocenters. The molecule has 0 bridgehead atoms. The summed E-state index contributed by atoms with van der Waals surface area (Å²) in [5, 5.41) is 10.2. The first-order valence-electron chi connectivity index (χ1n) is 19.4. The van der Waals surface area contributed by atoms with Gasteiger partial charge in [-0.05, 0) is 51.5 Å². The van der Waals surface area contributed by atoms with Gasteiger partial charge in [-0.15, -0.1) is 11.3 Å². The van der Waals surface area contributed by atoms with Crippen LogP contribution in [0, 0.1) is 0 Å². The van der Waals surface area contributed by atoms with Crippen molar-refractivity contribution in [1.29, 1.82) is 0 Å². The van der Waals surface area contributed by atoms with Crippen LogP contribution in [0.3, 0.4) is 0 Å². The summed E-state index contributed by atoms with van der Waals surface area (Å²) >= 11 is 1.87. The molecule has 1 aliphatic rings. The first-order valence-corrected chi connectivity index (χ1v) is 22.2. The molecule has 57 heavy (non-hydrogen) atoms. The summed E-state index contributed by atoms with van der Waals surface area (Å²) in [6, 6.07) is 73.0. The molecular formula is C52H33N3SSi. The third-order valence-corrected chi connectivity index (χ3v) is 17.7. The van der Waals surface area contributed by atoms with Gasteiger partial charge in [-0.1, -0.05) is 170 Å². The molecule has 8 aromatic carbocycles. The standard InChI is InChI=1S/C52H33N3SSi/c1-4-18-34(19-5-1)51-53-50(49-40-27-13-17-31-48(40)57(52(49)54-51,35-20-6-2-7-21-35)36-22-8-3-9-23-36)39-26-11-15-29-44(39)55-43-28-14-10-24-37(43)41-33-47-42(32-45(41)55)38-25-12-16-30-46(38)56-47/h1-33H. The molecule has 3 nitrogen and oxygen atoms in total. The summed E-state index contributed by atoms with van der Waals surface area (Å²) in [7, 11) is -2.93. The minimum atomic E-state index is -2.93. The number of hydrogen-bond acceptors (Lipinski definition) is 3. The Labute approximate surface area is 334 Å². The maximum Gasteiger partial charge on any atom is 0.203 e. The summed E-state index contributed by atoms with van der Waals surface area (Å²) in [5.74, 6) is 0.740. The second-order valence-electron chi connectivity index (χ2n) is 14.8. The SMILES string of the molecule is c1ccc(-c2nc(-c3ccccc3-n3c4ccccc4c4cc5sc6ccccc6c5cc43)c3c(n2)[Si](c2ccccc2)(c2ccccc2)c2ccccc2-3)cc1. The Balaban J connectivity index is 1.23. The van der Waals surface area contributed by atoms with Gasteiger partial charge in [0.15, 0.2) is 5.82 Å². The number of aromatic nitrogens is 3. The normalized spacial score (nSPS) is 13.1. The van der Waals surface area contributed by atoms with Gasteiger partial charge in [0.25, 0.3) is 0 Å². The Morgan fingerprint density at radius 1 is 0.439 bits per heavy atom. The van der Waals surface area contributed by atoms with E-state index in [1.807, 2.05) is 11.3 Å². The molecule has 3 aromatic heterocycles. The van der Waals surface area contributed by atoms with Gasteiger partial charge in [0.05, 0.1) is 27.7 Å². The van der Waals surface area contributed by atoms with Crippen LogP contribution in [0.15, 0.2) is 200 Å². The zero-order chi connectivity index (χ0) is 37.5. The summed E-state index contributed by atoms with van der Waals surface area (Å²) in [4.78, 5) is 11.4. The second kappa shape index (κ2) is 12.5. The number of benzene rings is 8. The van der Waals surface area contributed by atoms with E-state index in [9.17, 15) is 0 Å². The van der Waals surface area contributed by atoms with Crippen molar-refractivity contribution in [3.8, 4) is 39.5 Å². The number of rotatable bonds is 5. The lowest BCUT2D eigenvalue weighted by Gasteiger charge is -2.30. The van der Waals surface area contributed by atoms with Gasteiger partial charge in [0.2, 0.25) is 8.07 Å².